The van der Waals surface area contributed by atoms with Crippen LogP contribution in [0.1, 0.15) is 11.5 Å². The van der Waals surface area contributed by atoms with Gasteiger partial charge in [0.05, 0.1) is 19.3 Å². The molecule has 2 aromatic carbocycles. The number of nitrogens with zero attached hydrogens (tertiary/aromatic N) is 2. The van der Waals surface area contributed by atoms with E-state index in [0.717, 1.165) is 20.6 Å². The van der Waals surface area contributed by atoms with Gasteiger partial charge in [0.15, 0.2) is 0 Å². The Morgan fingerprint density at radius 2 is 1.88 bits per heavy atom. The Morgan fingerprint density at radius 1 is 1.15 bits per heavy atom. The summed E-state index contributed by atoms with van der Waals surface area (Å²) in [5.41, 5.74) is 1.81. The van der Waals surface area contributed by atoms with E-state index in [1.54, 1.807) is 7.11 Å². The number of methoxy groups -OCH3 is 1. The third kappa shape index (κ3) is 5.46. The zero-order chi connectivity index (χ0) is 18.4. The van der Waals surface area contributed by atoms with Gasteiger partial charge in [-0.3, -0.25) is 4.79 Å². The summed E-state index contributed by atoms with van der Waals surface area (Å²) in [4.78, 5) is 12.0. The van der Waals surface area contributed by atoms with Crippen LogP contribution >= 0.6 is 34.4 Å². The third-order valence-corrected chi connectivity index (χ3v) is 4.96. The van der Waals surface area contributed by atoms with Gasteiger partial charge < -0.3 is 14.5 Å². The minimum atomic E-state index is -0.119. The van der Waals surface area contributed by atoms with Crippen LogP contribution in [0, 0.1) is 3.57 Å². The summed E-state index contributed by atoms with van der Waals surface area (Å²) >= 11 is 3.43. The Balaban J connectivity index is 1.49. The van der Waals surface area contributed by atoms with Crippen molar-refractivity contribution in [3.8, 4) is 5.75 Å². The van der Waals surface area contributed by atoms with Crippen LogP contribution in [-0.2, 0) is 11.2 Å². The minimum absolute atomic E-state index is 0.119. The number of carbonyl (C=O) groups excluding carboxylic acids is 1. The molecule has 0 saturated carbocycles. The molecule has 0 radical (unpaired) electrons. The van der Waals surface area contributed by atoms with Gasteiger partial charge in [0, 0.05) is 9.26 Å². The molecule has 0 fully saturated rings. The molecule has 0 unspecified atom stereocenters. The van der Waals surface area contributed by atoms with E-state index >= 15 is 0 Å². The van der Waals surface area contributed by atoms with E-state index < -0.39 is 0 Å². The SMILES string of the molecule is COc1ccc(Cc2nnc(SCC(=O)Nc3ccc(I)cc3)o2)cc1. The highest BCUT2D eigenvalue weighted by Crippen LogP contribution is 2.19. The number of thioether (sulfide) groups is 1. The van der Waals surface area contributed by atoms with Crippen molar-refractivity contribution in [2.24, 2.45) is 0 Å². The lowest BCUT2D eigenvalue weighted by Crippen LogP contribution is -2.13. The lowest BCUT2D eigenvalue weighted by Gasteiger charge is -2.03. The molecule has 26 heavy (non-hydrogen) atoms. The molecule has 134 valence electrons. The average molecular weight is 481 g/mol. The zero-order valence-electron chi connectivity index (χ0n) is 13.9. The largest absolute Gasteiger partial charge is 0.497 e. The number of halogens is 1. The summed E-state index contributed by atoms with van der Waals surface area (Å²) in [7, 11) is 1.63. The maximum atomic E-state index is 12.0. The Kier molecular flexibility index (Phi) is 6.51. The number of anilines is 1. The molecule has 6 nitrogen and oxygen atoms in total. The lowest BCUT2D eigenvalue weighted by atomic mass is 10.1. The minimum Gasteiger partial charge on any atom is -0.497 e. The monoisotopic (exact) mass is 481 g/mol. The summed E-state index contributed by atoms with van der Waals surface area (Å²) in [6.07, 6.45) is 0.534. The summed E-state index contributed by atoms with van der Waals surface area (Å²) in [5, 5.41) is 11.2. The van der Waals surface area contributed by atoms with Crippen LogP contribution in [0.25, 0.3) is 0 Å². The second kappa shape index (κ2) is 9.04. The predicted molar refractivity (Wildman–Crippen MR) is 109 cm³/mol. The van der Waals surface area contributed by atoms with Crippen molar-refractivity contribution in [2.45, 2.75) is 11.6 Å². The Labute approximate surface area is 168 Å². The van der Waals surface area contributed by atoms with Gasteiger partial charge >= 0.3 is 0 Å². The number of hydrogen-bond donors (Lipinski definition) is 1. The van der Waals surface area contributed by atoms with Gasteiger partial charge in [-0.05, 0) is 64.6 Å². The predicted octanol–water partition coefficient (Wildman–Crippen LogP) is 4.00. The van der Waals surface area contributed by atoms with E-state index in [-0.39, 0.29) is 11.7 Å². The van der Waals surface area contributed by atoms with Crippen LogP contribution in [-0.4, -0.2) is 29.0 Å². The molecular weight excluding hydrogens is 465 g/mol. The molecule has 0 aliphatic carbocycles. The molecule has 0 spiro atoms. The number of nitrogens with one attached hydrogen (secondary N) is 1. The molecule has 0 atom stereocenters. The number of hydrogen-bond acceptors (Lipinski definition) is 6. The van der Waals surface area contributed by atoms with E-state index in [2.05, 4.69) is 38.1 Å². The quantitative estimate of drug-likeness (QED) is 0.406. The van der Waals surface area contributed by atoms with Crippen LogP contribution in [0.4, 0.5) is 5.69 Å². The molecule has 0 saturated heterocycles. The first kappa shape index (κ1) is 18.7. The van der Waals surface area contributed by atoms with E-state index in [1.165, 1.54) is 11.8 Å². The fraction of sp³-hybridized carbons (Fsp3) is 0.167. The van der Waals surface area contributed by atoms with E-state index in [0.29, 0.717) is 17.5 Å². The summed E-state index contributed by atoms with van der Waals surface area (Å²) in [6, 6.07) is 15.3. The first-order valence-electron chi connectivity index (χ1n) is 7.76. The Hall–Kier alpha value is -2.07. The molecule has 0 bridgehead atoms. The standard InChI is InChI=1S/C18H16IN3O3S/c1-24-15-8-2-12(3-9-15)10-17-21-22-18(25-17)26-11-16(23)20-14-6-4-13(19)5-7-14/h2-9H,10-11H2,1H3,(H,20,23). The van der Waals surface area contributed by atoms with Gasteiger partial charge in [-0.25, -0.2) is 0 Å². The topological polar surface area (TPSA) is 77.2 Å². The summed E-state index contributed by atoms with van der Waals surface area (Å²) in [6.45, 7) is 0. The molecule has 3 aromatic rings. The number of amides is 1. The molecule has 1 heterocycles. The van der Waals surface area contributed by atoms with Crippen molar-refractivity contribution in [1.29, 1.82) is 0 Å². The van der Waals surface area contributed by atoms with Gasteiger partial charge in [-0.2, -0.15) is 0 Å². The van der Waals surface area contributed by atoms with Gasteiger partial charge in [0.25, 0.3) is 5.22 Å². The van der Waals surface area contributed by atoms with Crippen LogP contribution in [0.15, 0.2) is 58.2 Å². The van der Waals surface area contributed by atoms with Crippen LogP contribution in [0.3, 0.4) is 0 Å². The third-order valence-electron chi connectivity index (χ3n) is 3.42. The van der Waals surface area contributed by atoms with Crippen molar-refractivity contribution < 1.29 is 13.9 Å². The smallest absolute Gasteiger partial charge is 0.277 e. The molecule has 0 aliphatic heterocycles. The highest BCUT2D eigenvalue weighted by atomic mass is 127. The van der Waals surface area contributed by atoms with Crippen molar-refractivity contribution in [3.63, 3.8) is 0 Å². The summed E-state index contributed by atoms with van der Waals surface area (Å²) < 4.78 is 11.8. The second-order valence-electron chi connectivity index (χ2n) is 5.33. The van der Waals surface area contributed by atoms with Crippen molar-refractivity contribution in [3.05, 3.63) is 63.6 Å². The van der Waals surface area contributed by atoms with E-state index in [1.807, 2.05) is 48.5 Å². The number of benzene rings is 2. The molecule has 0 aliphatic rings. The normalized spacial score (nSPS) is 10.5. The van der Waals surface area contributed by atoms with Gasteiger partial charge in [-0.15, -0.1) is 10.2 Å². The fourth-order valence-corrected chi connectivity index (χ4v) is 3.08. The number of carbonyl (C=O) groups is 1. The fourth-order valence-electron chi connectivity index (χ4n) is 2.14. The molecular formula is C18H16IN3O3S. The Bertz CT molecular complexity index is 866. The molecule has 1 N–H and O–H groups in total. The van der Waals surface area contributed by atoms with E-state index in [4.69, 9.17) is 9.15 Å². The average Bonchev–Trinajstić information content (AvgIpc) is 3.10. The number of ether oxygens (including phenoxy) is 1. The summed E-state index contributed by atoms with van der Waals surface area (Å²) in [5.74, 6) is 1.40. The Morgan fingerprint density at radius 3 is 2.58 bits per heavy atom. The van der Waals surface area contributed by atoms with Crippen LogP contribution < -0.4 is 10.1 Å². The van der Waals surface area contributed by atoms with Gasteiger partial charge in [0.1, 0.15) is 5.75 Å². The van der Waals surface area contributed by atoms with Gasteiger partial charge in [-0.1, -0.05) is 23.9 Å². The maximum Gasteiger partial charge on any atom is 0.277 e. The van der Waals surface area contributed by atoms with Crippen LogP contribution in [0.2, 0.25) is 0 Å². The van der Waals surface area contributed by atoms with Crippen molar-refractivity contribution in [1.82, 2.24) is 10.2 Å². The molecule has 8 heteroatoms. The first-order valence-corrected chi connectivity index (χ1v) is 9.82. The zero-order valence-corrected chi connectivity index (χ0v) is 16.9. The van der Waals surface area contributed by atoms with Crippen LogP contribution in [0.5, 0.6) is 5.75 Å². The van der Waals surface area contributed by atoms with Crippen molar-refractivity contribution in [2.75, 3.05) is 18.2 Å². The number of aromatic nitrogens is 2. The second-order valence-corrected chi connectivity index (χ2v) is 7.50. The van der Waals surface area contributed by atoms with Gasteiger partial charge in [0.2, 0.25) is 11.8 Å². The number of rotatable bonds is 7. The lowest BCUT2D eigenvalue weighted by molar-refractivity contribution is -0.113. The maximum absolute atomic E-state index is 12.0. The molecule has 3 rings (SSSR count). The van der Waals surface area contributed by atoms with Crippen molar-refractivity contribution >= 4 is 45.9 Å². The van der Waals surface area contributed by atoms with E-state index in [9.17, 15) is 4.79 Å². The molecule has 1 aromatic heterocycles. The highest BCUT2D eigenvalue weighted by Gasteiger charge is 2.10. The highest BCUT2D eigenvalue weighted by molar-refractivity contribution is 14.1. The molecule has 1 amide bonds. The first-order chi connectivity index (χ1) is 12.6.